The second kappa shape index (κ2) is 4.54. The van der Waals surface area contributed by atoms with Crippen LogP contribution in [0.15, 0.2) is 18.2 Å². The Balaban J connectivity index is 1.94. The molecule has 1 aliphatic heterocycles. The molecule has 1 nitrogen and oxygen atoms in total. The number of anilines is 1. The van der Waals surface area contributed by atoms with Crippen LogP contribution in [-0.2, 0) is 5.41 Å². The van der Waals surface area contributed by atoms with Crippen LogP contribution in [0.1, 0.15) is 64.0 Å². The highest BCUT2D eigenvalue weighted by Crippen LogP contribution is 2.46. The van der Waals surface area contributed by atoms with Crippen LogP contribution in [0.25, 0.3) is 0 Å². The van der Waals surface area contributed by atoms with Gasteiger partial charge in [0, 0.05) is 18.2 Å². The average Bonchev–Trinajstić information content (AvgIpc) is 2.92. The summed E-state index contributed by atoms with van der Waals surface area (Å²) >= 11 is 0. The van der Waals surface area contributed by atoms with Gasteiger partial charge >= 0.3 is 0 Å². The van der Waals surface area contributed by atoms with Crippen molar-refractivity contribution in [1.29, 1.82) is 0 Å². The molecule has 104 valence electrons. The Morgan fingerprint density at radius 3 is 2.58 bits per heavy atom. The minimum Gasteiger partial charge on any atom is -0.384 e. The maximum absolute atomic E-state index is 3.63. The molecule has 0 spiro atoms. The zero-order valence-electron chi connectivity index (χ0n) is 12.8. The summed E-state index contributed by atoms with van der Waals surface area (Å²) in [5.74, 6) is 2.54. The molecule has 1 heterocycles. The summed E-state index contributed by atoms with van der Waals surface area (Å²) < 4.78 is 0. The Bertz CT molecular complexity index is 469. The SMILES string of the molecule is CC1CCCC1C1CNc2ccc(C(C)(C)C)cc21. The van der Waals surface area contributed by atoms with Crippen LogP contribution in [0, 0.1) is 11.8 Å². The molecule has 0 amide bonds. The lowest BCUT2D eigenvalue weighted by Gasteiger charge is -2.25. The number of fused-ring (bicyclic) bond motifs is 1. The molecule has 1 aromatic carbocycles. The lowest BCUT2D eigenvalue weighted by molar-refractivity contribution is 0.361. The van der Waals surface area contributed by atoms with E-state index in [0.717, 1.165) is 24.3 Å². The van der Waals surface area contributed by atoms with Crippen molar-refractivity contribution in [1.82, 2.24) is 0 Å². The zero-order chi connectivity index (χ0) is 13.6. The Morgan fingerprint density at radius 1 is 1.16 bits per heavy atom. The number of rotatable bonds is 1. The van der Waals surface area contributed by atoms with Crippen molar-refractivity contribution in [2.24, 2.45) is 11.8 Å². The van der Waals surface area contributed by atoms with Gasteiger partial charge in [0.25, 0.3) is 0 Å². The molecule has 1 aromatic rings. The second-order valence-electron chi connectivity index (χ2n) is 7.61. The summed E-state index contributed by atoms with van der Waals surface area (Å²) in [6, 6.07) is 7.08. The highest BCUT2D eigenvalue weighted by molar-refractivity contribution is 5.60. The van der Waals surface area contributed by atoms with E-state index in [4.69, 9.17) is 0 Å². The highest BCUT2D eigenvalue weighted by Gasteiger charge is 2.36. The topological polar surface area (TPSA) is 12.0 Å². The van der Waals surface area contributed by atoms with Crippen LogP contribution in [0.5, 0.6) is 0 Å². The van der Waals surface area contributed by atoms with Gasteiger partial charge in [-0.05, 0) is 40.9 Å². The smallest absolute Gasteiger partial charge is 0.0376 e. The predicted octanol–water partition coefficient (Wildman–Crippen LogP) is 4.93. The van der Waals surface area contributed by atoms with Crippen LogP contribution in [0.2, 0.25) is 0 Å². The molecule has 3 rings (SSSR count). The van der Waals surface area contributed by atoms with Crippen LogP contribution in [-0.4, -0.2) is 6.54 Å². The van der Waals surface area contributed by atoms with E-state index in [1.807, 2.05) is 0 Å². The first-order chi connectivity index (χ1) is 8.97. The Hall–Kier alpha value is -0.980. The highest BCUT2D eigenvalue weighted by atomic mass is 14.9. The molecule has 1 N–H and O–H groups in total. The number of hydrogen-bond donors (Lipinski definition) is 1. The molecule has 2 aliphatic rings. The van der Waals surface area contributed by atoms with Crippen molar-refractivity contribution in [2.45, 2.75) is 58.3 Å². The number of benzene rings is 1. The first-order valence-corrected chi connectivity index (χ1v) is 7.85. The normalized spacial score (nSPS) is 30.2. The first-order valence-electron chi connectivity index (χ1n) is 7.85. The molecule has 3 unspecified atom stereocenters. The molecule has 1 saturated carbocycles. The molecule has 1 heteroatoms. The third-order valence-corrected chi connectivity index (χ3v) is 5.27. The van der Waals surface area contributed by atoms with Gasteiger partial charge in [-0.15, -0.1) is 0 Å². The van der Waals surface area contributed by atoms with Gasteiger partial charge in [0.1, 0.15) is 0 Å². The molecule has 1 fully saturated rings. The van der Waals surface area contributed by atoms with Crippen molar-refractivity contribution < 1.29 is 0 Å². The quantitative estimate of drug-likeness (QED) is 0.752. The third-order valence-electron chi connectivity index (χ3n) is 5.27. The zero-order valence-corrected chi connectivity index (χ0v) is 12.8. The summed E-state index contributed by atoms with van der Waals surface area (Å²) in [7, 11) is 0. The summed E-state index contributed by atoms with van der Waals surface area (Å²) in [6.07, 6.45) is 4.28. The van der Waals surface area contributed by atoms with Gasteiger partial charge in [0.15, 0.2) is 0 Å². The lowest BCUT2D eigenvalue weighted by atomic mass is 9.79. The number of hydrogen-bond acceptors (Lipinski definition) is 1. The molecule has 19 heavy (non-hydrogen) atoms. The van der Waals surface area contributed by atoms with Gasteiger partial charge in [-0.25, -0.2) is 0 Å². The molecule has 0 bridgehead atoms. The lowest BCUT2D eigenvalue weighted by Crippen LogP contribution is -2.18. The Kier molecular flexibility index (Phi) is 3.11. The van der Waals surface area contributed by atoms with E-state index in [2.05, 4.69) is 51.2 Å². The summed E-state index contributed by atoms with van der Waals surface area (Å²) in [5, 5.41) is 3.63. The largest absolute Gasteiger partial charge is 0.384 e. The van der Waals surface area contributed by atoms with Gasteiger partial charge in [-0.1, -0.05) is 52.7 Å². The Labute approximate surface area is 117 Å². The fraction of sp³-hybridized carbons (Fsp3) is 0.667. The summed E-state index contributed by atoms with van der Waals surface area (Å²) in [5.41, 5.74) is 4.71. The van der Waals surface area contributed by atoms with Gasteiger partial charge in [-0.2, -0.15) is 0 Å². The molecule has 0 radical (unpaired) electrons. The van der Waals surface area contributed by atoms with Crippen LogP contribution in [0.4, 0.5) is 5.69 Å². The fourth-order valence-corrected chi connectivity index (χ4v) is 3.98. The monoisotopic (exact) mass is 257 g/mol. The Morgan fingerprint density at radius 2 is 1.95 bits per heavy atom. The summed E-state index contributed by atoms with van der Waals surface area (Å²) in [4.78, 5) is 0. The van der Waals surface area contributed by atoms with E-state index in [1.165, 1.54) is 30.5 Å². The maximum Gasteiger partial charge on any atom is 0.0376 e. The van der Waals surface area contributed by atoms with Crippen molar-refractivity contribution >= 4 is 5.69 Å². The van der Waals surface area contributed by atoms with E-state index >= 15 is 0 Å². The fourth-order valence-electron chi connectivity index (χ4n) is 3.98. The molecular formula is C18H27N. The molecule has 0 aromatic heterocycles. The van der Waals surface area contributed by atoms with E-state index in [9.17, 15) is 0 Å². The van der Waals surface area contributed by atoms with Gasteiger partial charge in [0.2, 0.25) is 0 Å². The van der Waals surface area contributed by atoms with E-state index < -0.39 is 0 Å². The predicted molar refractivity (Wildman–Crippen MR) is 82.9 cm³/mol. The van der Waals surface area contributed by atoms with Gasteiger partial charge < -0.3 is 5.32 Å². The first kappa shape index (κ1) is 13.0. The van der Waals surface area contributed by atoms with Crippen LogP contribution < -0.4 is 5.32 Å². The molecular weight excluding hydrogens is 230 g/mol. The number of nitrogens with one attached hydrogen (secondary N) is 1. The minimum atomic E-state index is 0.253. The van der Waals surface area contributed by atoms with Gasteiger partial charge in [0.05, 0.1) is 0 Å². The van der Waals surface area contributed by atoms with E-state index in [0.29, 0.717) is 0 Å². The minimum absolute atomic E-state index is 0.253. The van der Waals surface area contributed by atoms with E-state index in [-0.39, 0.29) is 5.41 Å². The van der Waals surface area contributed by atoms with Gasteiger partial charge in [-0.3, -0.25) is 0 Å². The molecule has 0 saturated heterocycles. The average molecular weight is 257 g/mol. The second-order valence-corrected chi connectivity index (χ2v) is 7.61. The standard InChI is InChI=1S/C18H27N/c1-12-6-5-7-14(12)16-11-19-17-9-8-13(10-15(16)17)18(2,3)4/h8-10,12,14,16,19H,5-7,11H2,1-4H3. The van der Waals surface area contributed by atoms with Crippen LogP contribution >= 0.6 is 0 Å². The van der Waals surface area contributed by atoms with Crippen molar-refractivity contribution in [3.05, 3.63) is 29.3 Å². The van der Waals surface area contributed by atoms with Crippen molar-refractivity contribution in [3.63, 3.8) is 0 Å². The van der Waals surface area contributed by atoms with Crippen LogP contribution in [0.3, 0.4) is 0 Å². The molecule has 1 aliphatic carbocycles. The van der Waals surface area contributed by atoms with Crippen molar-refractivity contribution in [3.8, 4) is 0 Å². The maximum atomic E-state index is 3.63. The van der Waals surface area contributed by atoms with Crippen molar-refractivity contribution in [2.75, 3.05) is 11.9 Å². The third kappa shape index (κ3) is 2.28. The summed E-state index contributed by atoms with van der Waals surface area (Å²) in [6.45, 7) is 10.5. The molecule has 3 atom stereocenters. The van der Waals surface area contributed by atoms with E-state index in [1.54, 1.807) is 5.56 Å².